The molecule has 0 heterocycles. The lowest BCUT2D eigenvalue weighted by Crippen LogP contribution is -2.56. The van der Waals surface area contributed by atoms with Gasteiger partial charge in [-0.25, -0.2) is 0 Å². The second-order valence-corrected chi connectivity index (χ2v) is 10.9. The topological polar surface area (TPSA) is 139 Å². The van der Waals surface area contributed by atoms with Crippen molar-refractivity contribution >= 4 is 34.7 Å². The van der Waals surface area contributed by atoms with Gasteiger partial charge in [0.25, 0.3) is 5.69 Å². The number of benzene rings is 3. The van der Waals surface area contributed by atoms with Gasteiger partial charge in [0.2, 0.25) is 11.8 Å². The third kappa shape index (κ3) is 5.79. The maximum atomic E-state index is 13.9. The lowest BCUT2D eigenvalue weighted by Gasteiger charge is -2.44. The maximum absolute atomic E-state index is 13.9. The van der Waals surface area contributed by atoms with Crippen molar-refractivity contribution in [2.45, 2.75) is 52.6 Å². The van der Waals surface area contributed by atoms with Crippen LogP contribution in [0.1, 0.15) is 47.1 Å². The second-order valence-electron chi connectivity index (χ2n) is 10.9. The molecule has 208 valence electrons. The van der Waals surface area contributed by atoms with E-state index in [0.717, 1.165) is 22.3 Å². The van der Waals surface area contributed by atoms with E-state index >= 15 is 0 Å². The molecule has 0 aliphatic heterocycles. The molecule has 3 N–H and O–H groups in total. The number of carbonyl (C=O) groups excluding carboxylic acids is 3. The first-order chi connectivity index (χ1) is 18.8. The van der Waals surface area contributed by atoms with Crippen LogP contribution in [0.3, 0.4) is 0 Å². The van der Waals surface area contributed by atoms with Crippen LogP contribution in [0.5, 0.6) is 0 Å². The molecule has 1 saturated carbocycles. The van der Waals surface area contributed by atoms with Gasteiger partial charge in [-0.2, -0.15) is 0 Å². The Morgan fingerprint density at radius 1 is 0.875 bits per heavy atom. The molecular formula is C31H33N3O6. The Labute approximate surface area is 232 Å². The van der Waals surface area contributed by atoms with Gasteiger partial charge in [0.15, 0.2) is 0 Å². The fourth-order valence-corrected chi connectivity index (χ4v) is 5.64. The molecule has 0 aromatic heterocycles. The molecule has 3 aromatic rings. The number of non-ortho nitro benzene ring substituents is 1. The summed E-state index contributed by atoms with van der Waals surface area (Å²) in [5.74, 6) is -5.32. The minimum atomic E-state index is -1.79. The Bertz CT molecular complexity index is 1500. The molecule has 9 nitrogen and oxygen atoms in total. The quantitative estimate of drug-likeness (QED) is 0.223. The predicted octanol–water partition coefficient (Wildman–Crippen LogP) is 5.15. The smallest absolute Gasteiger partial charge is 0.269 e. The molecule has 4 atom stereocenters. The van der Waals surface area contributed by atoms with Gasteiger partial charge >= 0.3 is 0 Å². The number of amides is 2. The van der Waals surface area contributed by atoms with Crippen molar-refractivity contribution in [1.29, 1.82) is 0 Å². The Kier molecular flexibility index (Phi) is 7.88. The lowest BCUT2D eigenvalue weighted by atomic mass is 9.61. The van der Waals surface area contributed by atoms with Crippen molar-refractivity contribution in [1.82, 2.24) is 0 Å². The Balaban J connectivity index is 1.80. The molecule has 1 aliphatic rings. The first kappa shape index (κ1) is 28.6. The third-order valence-corrected chi connectivity index (χ3v) is 7.60. The molecule has 4 rings (SSSR count). The number of carbonyl (C=O) groups is 3. The van der Waals surface area contributed by atoms with Gasteiger partial charge in [0.1, 0.15) is 11.7 Å². The molecule has 1 aliphatic carbocycles. The summed E-state index contributed by atoms with van der Waals surface area (Å²) in [6.45, 7) is 8.95. The van der Waals surface area contributed by atoms with E-state index < -0.39 is 52.3 Å². The van der Waals surface area contributed by atoms with Crippen LogP contribution in [0.15, 0.2) is 60.7 Å². The molecule has 2 amide bonds. The highest BCUT2D eigenvalue weighted by Gasteiger charge is 2.56. The standard InChI is InChI=1S/C31H33N3O6/c1-17-6-12-23(19(3)14-17)32-29(36)27-25(35)16-31(5,38)28(26(27)21-8-10-22(11-9-21)34(39)40)30(37)33-24-13-7-18(2)15-20(24)4/h6-15,26-28,38H,16H2,1-5H3,(H,32,36)(H,33,37)/t26-,27-,28-,31+/m1/s1. The highest BCUT2D eigenvalue weighted by Crippen LogP contribution is 2.47. The molecule has 0 bridgehead atoms. The van der Waals surface area contributed by atoms with E-state index in [1.165, 1.54) is 31.2 Å². The monoisotopic (exact) mass is 543 g/mol. The summed E-state index contributed by atoms with van der Waals surface area (Å²) in [5.41, 5.74) is 3.11. The van der Waals surface area contributed by atoms with Gasteiger partial charge in [-0.05, 0) is 63.4 Å². The van der Waals surface area contributed by atoms with Gasteiger partial charge in [-0.15, -0.1) is 0 Å². The van der Waals surface area contributed by atoms with Gasteiger partial charge in [-0.1, -0.05) is 47.5 Å². The normalized spacial score (nSPS) is 22.4. The summed E-state index contributed by atoms with van der Waals surface area (Å²) in [6.07, 6.45) is -0.410. The van der Waals surface area contributed by atoms with E-state index in [9.17, 15) is 29.6 Å². The molecular weight excluding hydrogens is 510 g/mol. The molecule has 1 fully saturated rings. The molecule has 0 saturated heterocycles. The Morgan fingerprint density at radius 3 is 1.85 bits per heavy atom. The summed E-state index contributed by atoms with van der Waals surface area (Å²) in [6, 6.07) is 16.4. The van der Waals surface area contributed by atoms with Crippen molar-refractivity contribution in [3.05, 3.63) is 98.6 Å². The van der Waals surface area contributed by atoms with Crippen LogP contribution >= 0.6 is 0 Å². The highest BCUT2D eigenvalue weighted by atomic mass is 16.6. The summed E-state index contributed by atoms with van der Waals surface area (Å²) < 4.78 is 0. The van der Waals surface area contributed by atoms with E-state index in [0.29, 0.717) is 16.9 Å². The zero-order valence-corrected chi connectivity index (χ0v) is 23.1. The number of nitrogens with one attached hydrogen (secondary N) is 2. The highest BCUT2D eigenvalue weighted by molar-refractivity contribution is 6.10. The number of rotatable bonds is 6. The van der Waals surface area contributed by atoms with Crippen molar-refractivity contribution in [2.24, 2.45) is 11.8 Å². The molecule has 0 radical (unpaired) electrons. The third-order valence-electron chi connectivity index (χ3n) is 7.60. The van der Waals surface area contributed by atoms with Crippen molar-refractivity contribution in [3.8, 4) is 0 Å². The fourth-order valence-electron chi connectivity index (χ4n) is 5.64. The lowest BCUT2D eigenvalue weighted by molar-refractivity contribution is -0.384. The van der Waals surface area contributed by atoms with E-state index in [-0.39, 0.29) is 5.69 Å². The van der Waals surface area contributed by atoms with Gasteiger partial charge in [-0.3, -0.25) is 24.5 Å². The van der Waals surface area contributed by atoms with Crippen LogP contribution in [0.25, 0.3) is 0 Å². The van der Waals surface area contributed by atoms with Crippen molar-refractivity contribution in [2.75, 3.05) is 10.6 Å². The first-order valence-corrected chi connectivity index (χ1v) is 13.0. The molecule has 3 aromatic carbocycles. The van der Waals surface area contributed by atoms with E-state index in [1.54, 1.807) is 12.1 Å². The largest absolute Gasteiger partial charge is 0.389 e. The molecule has 0 unspecified atom stereocenters. The summed E-state index contributed by atoms with van der Waals surface area (Å²) in [4.78, 5) is 51.9. The Morgan fingerprint density at radius 2 is 1.38 bits per heavy atom. The van der Waals surface area contributed by atoms with E-state index in [2.05, 4.69) is 10.6 Å². The minimum absolute atomic E-state index is 0.176. The number of nitro groups is 1. The molecule has 0 spiro atoms. The van der Waals surface area contributed by atoms with E-state index in [4.69, 9.17) is 0 Å². The summed E-state index contributed by atoms with van der Waals surface area (Å²) >= 11 is 0. The number of aliphatic hydroxyl groups is 1. The van der Waals surface area contributed by atoms with Crippen LogP contribution < -0.4 is 10.6 Å². The SMILES string of the molecule is Cc1ccc(NC(=O)[C@@H]2C(=O)C[C@](C)(O)[C@@H](C(=O)Nc3ccc(C)cc3C)[C@@H]2c2ccc([N+](=O)[O-])cc2)c(C)c1. The van der Waals surface area contributed by atoms with Gasteiger partial charge < -0.3 is 15.7 Å². The van der Waals surface area contributed by atoms with Crippen LogP contribution in [-0.4, -0.2) is 33.2 Å². The zero-order chi connectivity index (χ0) is 29.4. The van der Waals surface area contributed by atoms with Gasteiger partial charge in [0, 0.05) is 35.8 Å². The Hall–Kier alpha value is -4.37. The first-order valence-electron chi connectivity index (χ1n) is 13.0. The molecule has 40 heavy (non-hydrogen) atoms. The van der Waals surface area contributed by atoms with Crippen molar-refractivity contribution in [3.63, 3.8) is 0 Å². The zero-order valence-electron chi connectivity index (χ0n) is 23.1. The summed E-state index contributed by atoms with van der Waals surface area (Å²) in [7, 11) is 0. The number of ketones is 1. The number of anilines is 2. The second kappa shape index (κ2) is 11.0. The van der Waals surface area contributed by atoms with Crippen LogP contribution in [0, 0.1) is 49.6 Å². The van der Waals surface area contributed by atoms with Crippen LogP contribution in [-0.2, 0) is 14.4 Å². The average molecular weight is 544 g/mol. The van der Waals surface area contributed by atoms with Crippen LogP contribution in [0.2, 0.25) is 0 Å². The summed E-state index contributed by atoms with van der Waals surface area (Å²) in [5, 5.41) is 28.5. The predicted molar refractivity (Wildman–Crippen MR) is 152 cm³/mol. The average Bonchev–Trinajstić information content (AvgIpc) is 2.86. The molecule has 9 heteroatoms. The van der Waals surface area contributed by atoms with Crippen molar-refractivity contribution < 1.29 is 24.4 Å². The van der Waals surface area contributed by atoms with Gasteiger partial charge in [0.05, 0.1) is 16.4 Å². The number of hydrogen-bond donors (Lipinski definition) is 3. The number of hydrogen-bond acceptors (Lipinski definition) is 6. The number of nitrogens with zero attached hydrogens (tertiary/aromatic N) is 1. The van der Waals surface area contributed by atoms with Crippen LogP contribution in [0.4, 0.5) is 17.1 Å². The number of Topliss-reactive ketones (excluding diaryl/α,β-unsaturated/α-hetero) is 1. The minimum Gasteiger partial charge on any atom is -0.389 e. The van der Waals surface area contributed by atoms with E-state index in [1.807, 2.05) is 52.0 Å². The maximum Gasteiger partial charge on any atom is 0.269 e. The number of nitro benzene ring substituents is 1. The number of aryl methyl sites for hydroxylation is 4. The fraction of sp³-hybridized carbons (Fsp3) is 0.323.